The van der Waals surface area contributed by atoms with Crippen LogP contribution in [-0.2, 0) is 21.7 Å². The van der Waals surface area contributed by atoms with Crippen molar-refractivity contribution in [1.82, 2.24) is 0 Å². The second-order valence-electron chi connectivity index (χ2n) is 15.7. The predicted octanol–water partition coefficient (Wildman–Crippen LogP) is 9.97. The largest absolute Gasteiger partial charge is 0.512 e. The fourth-order valence-corrected chi connectivity index (χ4v) is 9.90. The number of ether oxygens (including phenoxy) is 2. The van der Waals surface area contributed by atoms with Gasteiger partial charge in [-0.25, -0.2) is 0 Å². The van der Waals surface area contributed by atoms with Gasteiger partial charge in [-0.3, -0.25) is 0 Å². The van der Waals surface area contributed by atoms with Crippen molar-refractivity contribution in [2.75, 3.05) is 0 Å². The third-order valence-electron chi connectivity index (χ3n) is 12.2. The van der Waals surface area contributed by atoms with Crippen LogP contribution < -0.4 is 9.47 Å². The molecule has 0 amide bonds. The van der Waals surface area contributed by atoms with E-state index in [9.17, 15) is 15.6 Å². The molecule has 5 nitrogen and oxygen atoms in total. The van der Waals surface area contributed by atoms with E-state index in [4.69, 9.17) is 9.47 Å². The average Bonchev–Trinajstić information content (AvgIpc) is 3.35. The van der Waals surface area contributed by atoms with Crippen molar-refractivity contribution in [2.45, 2.75) is 109 Å². The SMILES string of the molecule is CCC1(C)c2c(C#N)c3c(c(C#N)c2C1(C)C)Oc1cc2c(cc1O3)C(C)(C)CC21CC(C)(C)C2=CC/C=C(/O)CC=CC21. The molecule has 2 aromatic carbocycles. The van der Waals surface area contributed by atoms with Crippen LogP contribution in [0.15, 0.2) is 47.8 Å². The fraction of sp³-hybridized carbons (Fsp3) is 0.487. The van der Waals surface area contributed by atoms with Gasteiger partial charge in [-0.2, -0.15) is 10.5 Å². The van der Waals surface area contributed by atoms with Crippen LogP contribution in [0.25, 0.3) is 0 Å². The van der Waals surface area contributed by atoms with Gasteiger partial charge in [0, 0.05) is 28.6 Å². The molecule has 1 fully saturated rings. The summed E-state index contributed by atoms with van der Waals surface area (Å²) in [5, 5.41) is 31.3. The maximum absolute atomic E-state index is 10.5. The van der Waals surface area contributed by atoms with Crippen molar-refractivity contribution in [1.29, 1.82) is 10.5 Å². The van der Waals surface area contributed by atoms with Gasteiger partial charge >= 0.3 is 0 Å². The Balaban J connectivity index is 1.42. The van der Waals surface area contributed by atoms with E-state index >= 15 is 0 Å². The molecule has 5 aliphatic rings. The highest BCUT2D eigenvalue weighted by Crippen LogP contribution is 2.69. The molecular weight excluding hydrogens is 544 g/mol. The lowest BCUT2D eigenvalue weighted by atomic mass is 9.46. The van der Waals surface area contributed by atoms with Crippen molar-refractivity contribution < 1.29 is 14.6 Å². The molecule has 0 aromatic heterocycles. The quantitative estimate of drug-likeness (QED) is 0.287. The number of aliphatic hydroxyl groups is 1. The molecule has 1 saturated carbocycles. The van der Waals surface area contributed by atoms with Gasteiger partial charge in [0.25, 0.3) is 0 Å². The van der Waals surface area contributed by atoms with E-state index in [1.54, 1.807) is 0 Å². The van der Waals surface area contributed by atoms with Crippen LogP contribution in [0.5, 0.6) is 23.0 Å². The van der Waals surface area contributed by atoms with Crippen LogP contribution in [0.3, 0.4) is 0 Å². The molecule has 0 radical (unpaired) electrons. The van der Waals surface area contributed by atoms with E-state index in [-0.39, 0.29) is 33.0 Å². The molecule has 0 bridgehead atoms. The summed E-state index contributed by atoms with van der Waals surface area (Å²) in [6.45, 7) is 18.0. The fourth-order valence-electron chi connectivity index (χ4n) is 9.90. The molecule has 5 heteroatoms. The van der Waals surface area contributed by atoms with Gasteiger partial charge in [0.05, 0.1) is 5.76 Å². The van der Waals surface area contributed by atoms with Crippen molar-refractivity contribution in [3.05, 3.63) is 81.1 Å². The Bertz CT molecular complexity index is 1840. The lowest BCUT2D eigenvalue weighted by Crippen LogP contribution is -2.54. The number of nitrogens with zero attached hydrogens (tertiary/aromatic N) is 2. The lowest BCUT2D eigenvalue weighted by Gasteiger charge is -2.57. The number of nitriles is 2. The van der Waals surface area contributed by atoms with Gasteiger partial charge in [0.2, 0.25) is 0 Å². The summed E-state index contributed by atoms with van der Waals surface area (Å²) in [6, 6.07) is 9.19. The summed E-state index contributed by atoms with van der Waals surface area (Å²) in [6.07, 6.45) is 12.8. The molecular formula is C39H42N2O3. The summed E-state index contributed by atoms with van der Waals surface area (Å²) >= 11 is 0. The molecule has 1 spiro atoms. The third kappa shape index (κ3) is 3.39. The first-order valence-electron chi connectivity index (χ1n) is 16.0. The topological polar surface area (TPSA) is 86.3 Å². The highest BCUT2D eigenvalue weighted by molar-refractivity contribution is 5.78. The van der Waals surface area contributed by atoms with E-state index in [2.05, 4.69) is 97.9 Å². The third-order valence-corrected chi connectivity index (χ3v) is 12.2. The number of benzene rings is 2. The molecule has 4 aliphatic carbocycles. The van der Waals surface area contributed by atoms with Crippen molar-refractivity contribution in [2.24, 2.45) is 11.3 Å². The van der Waals surface area contributed by atoms with E-state index in [1.807, 2.05) is 6.08 Å². The first kappa shape index (κ1) is 28.8. The minimum atomic E-state index is -0.289. The molecule has 2 aromatic rings. The maximum Gasteiger partial charge on any atom is 0.189 e. The standard InChI is InChI=1S/C39H42N2O3/c1-9-38(8)32-24(19-41)34-33(23(18-40)31(32)37(38,6)7)44-30-17-28-27(16-29(30)43-34)36(4,5)21-39(28)20-35(2,3)25-14-10-12-22(42)13-11-15-26(25)39/h11-12,14-17,26,42H,9-10,13,20-21H2,1-8H3/b15-11?,22-12+,25-14?. The number of hydrogen-bond donors (Lipinski definition) is 1. The number of fused-ring (bicyclic) bond motifs is 7. The summed E-state index contributed by atoms with van der Waals surface area (Å²) in [4.78, 5) is 0. The smallest absolute Gasteiger partial charge is 0.189 e. The van der Waals surface area contributed by atoms with E-state index in [0.717, 1.165) is 36.8 Å². The Morgan fingerprint density at radius 2 is 1.43 bits per heavy atom. The minimum absolute atomic E-state index is 0.0180. The summed E-state index contributed by atoms with van der Waals surface area (Å²) in [7, 11) is 0. The zero-order valence-corrected chi connectivity index (χ0v) is 27.2. The molecule has 44 heavy (non-hydrogen) atoms. The molecule has 226 valence electrons. The Morgan fingerprint density at radius 3 is 2.05 bits per heavy atom. The van der Waals surface area contributed by atoms with Crippen LogP contribution in [0, 0.1) is 34.0 Å². The first-order valence-corrected chi connectivity index (χ1v) is 16.0. The summed E-state index contributed by atoms with van der Waals surface area (Å²) in [5.41, 5.74) is 5.92. The Labute approximate surface area is 261 Å². The van der Waals surface area contributed by atoms with Gasteiger partial charge < -0.3 is 14.6 Å². The maximum atomic E-state index is 10.5. The Kier molecular flexibility index (Phi) is 5.77. The summed E-state index contributed by atoms with van der Waals surface area (Å²) in [5.74, 6) is 2.55. The van der Waals surface area contributed by atoms with Crippen LogP contribution in [0.4, 0.5) is 0 Å². The van der Waals surface area contributed by atoms with Gasteiger partial charge in [0.1, 0.15) is 23.3 Å². The number of hydrogen-bond acceptors (Lipinski definition) is 5. The Hall–Kier alpha value is -3.96. The first-order chi connectivity index (χ1) is 20.7. The van der Waals surface area contributed by atoms with Crippen molar-refractivity contribution in [3.8, 4) is 35.1 Å². The van der Waals surface area contributed by atoms with Gasteiger partial charge in [-0.15, -0.1) is 0 Å². The number of rotatable bonds is 1. The molecule has 3 unspecified atom stereocenters. The van der Waals surface area contributed by atoms with Gasteiger partial charge in [-0.1, -0.05) is 79.2 Å². The monoisotopic (exact) mass is 586 g/mol. The average molecular weight is 587 g/mol. The van der Waals surface area contributed by atoms with Crippen LogP contribution in [0.1, 0.15) is 121 Å². The summed E-state index contributed by atoms with van der Waals surface area (Å²) < 4.78 is 13.3. The van der Waals surface area contributed by atoms with Gasteiger partial charge in [-0.05, 0) is 77.0 Å². The van der Waals surface area contributed by atoms with Crippen molar-refractivity contribution in [3.63, 3.8) is 0 Å². The molecule has 3 atom stereocenters. The number of allylic oxidation sites excluding steroid dienone is 5. The molecule has 1 heterocycles. The molecule has 1 N–H and O–H groups in total. The van der Waals surface area contributed by atoms with E-state index in [1.165, 1.54) is 16.7 Å². The zero-order chi connectivity index (χ0) is 31.6. The Morgan fingerprint density at radius 1 is 0.841 bits per heavy atom. The van der Waals surface area contributed by atoms with E-state index in [0.29, 0.717) is 46.3 Å². The second-order valence-corrected chi connectivity index (χ2v) is 15.7. The highest BCUT2D eigenvalue weighted by atomic mass is 16.6. The molecule has 7 rings (SSSR count). The zero-order valence-electron chi connectivity index (χ0n) is 27.2. The highest BCUT2D eigenvalue weighted by Gasteiger charge is 2.61. The number of aliphatic hydroxyl groups excluding tert-OH is 1. The second kappa shape index (κ2) is 8.82. The lowest BCUT2D eigenvalue weighted by molar-refractivity contribution is 0.205. The predicted molar refractivity (Wildman–Crippen MR) is 172 cm³/mol. The van der Waals surface area contributed by atoms with Gasteiger partial charge in [0.15, 0.2) is 23.0 Å². The van der Waals surface area contributed by atoms with E-state index < -0.39 is 0 Å². The van der Waals surface area contributed by atoms with Crippen LogP contribution >= 0.6 is 0 Å². The van der Waals surface area contributed by atoms with Crippen LogP contribution in [-0.4, -0.2) is 5.11 Å². The minimum Gasteiger partial charge on any atom is -0.512 e. The molecule has 1 aliphatic heterocycles. The molecule has 0 saturated heterocycles. The van der Waals surface area contributed by atoms with Crippen LogP contribution in [0.2, 0.25) is 0 Å². The van der Waals surface area contributed by atoms with Crippen molar-refractivity contribution >= 4 is 0 Å². The normalized spacial score (nSPS) is 30.5.